The van der Waals surface area contributed by atoms with Crippen molar-refractivity contribution in [2.45, 2.75) is 12.1 Å². The quantitative estimate of drug-likeness (QED) is 0.854. The van der Waals surface area contributed by atoms with Crippen molar-refractivity contribution in [3.63, 3.8) is 0 Å². The van der Waals surface area contributed by atoms with E-state index in [-0.39, 0.29) is 37.1 Å². The summed E-state index contributed by atoms with van der Waals surface area (Å²) in [5.41, 5.74) is 0.885. The van der Waals surface area contributed by atoms with Crippen LogP contribution in [-0.2, 0) is 14.3 Å². The van der Waals surface area contributed by atoms with Crippen molar-refractivity contribution in [2.75, 3.05) is 33.4 Å². The number of carbonyl (C=O) groups is 1. The van der Waals surface area contributed by atoms with Crippen LogP contribution in [-0.4, -0.2) is 45.4 Å². The Bertz CT molecular complexity index is 502. The number of halogens is 3. The van der Waals surface area contributed by atoms with Gasteiger partial charge in [0.2, 0.25) is 5.91 Å². The molecule has 2 rings (SSSR count). The molecule has 1 amide bonds. The maximum absolute atomic E-state index is 11.8. The number of methoxy groups -OCH3 is 1. The molecule has 1 aromatic carbocycles. The number of rotatable bonds is 4. The predicted octanol–water partition coefficient (Wildman–Crippen LogP) is 2.21. The minimum Gasteiger partial charge on any atom is -0.375 e. The Hall–Kier alpha value is -0.560. The molecule has 124 valence electrons. The van der Waals surface area contributed by atoms with E-state index in [0.29, 0.717) is 23.2 Å². The van der Waals surface area contributed by atoms with Crippen molar-refractivity contribution < 1.29 is 14.3 Å². The Morgan fingerprint density at radius 3 is 2.91 bits per heavy atom. The molecule has 1 fully saturated rings. The number of amides is 1. The molecular weight excluding hydrogens is 351 g/mol. The summed E-state index contributed by atoms with van der Waals surface area (Å²) in [6, 6.07) is 5.16. The minimum atomic E-state index is -0.282. The fourth-order valence-corrected chi connectivity index (χ4v) is 2.57. The summed E-state index contributed by atoms with van der Waals surface area (Å²) in [7, 11) is 1.48. The van der Waals surface area contributed by atoms with E-state index in [1.54, 1.807) is 12.1 Å². The van der Waals surface area contributed by atoms with Crippen LogP contribution in [0.1, 0.15) is 11.7 Å². The third-order valence-electron chi connectivity index (χ3n) is 3.20. The van der Waals surface area contributed by atoms with Gasteiger partial charge in [0, 0.05) is 20.2 Å². The van der Waals surface area contributed by atoms with Crippen LogP contribution in [0.2, 0.25) is 10.0 Å². The van der Waals surface area contributed by atoms with Gasteiger partial charge in [0.25, 0.3) is 0 Å². The zero-order chi connectivity index (χ0) is 15.2. The lowest BCUT2D eigenvalue weighted by Gasteiger charge is -2.26. The predicted molar refractivity (Wildman–Crippen MR) is 89.1 cm³/mol. The van der Waals surface area contributed by atoms with Crippen LogP contribution in [0, 0.1) is 0 Å². The molecule has 0 spiro atoms. The molecule has 0 bridgehead atoms. The van der Waals surface area contributed by atoms with Gasteiger partial charge in [-0.15, -0.1) is 12.4 Å². The maximum Gasteiger partial charge on any atom is 0.246 e. The van der Waals surface area contributed by atoms with Gasteiger partial charge in [-0.2, -0.15) is 0 Å². The van der Waals surface area contributed by atoms with Crippen LogP contribution >= 0.6 is 35.6 Å². The van der Waals surface area contributed by atoms with Gasteiger partial charge in [0.15, 0.2) is 0 Å². The van der Waals surface area contributed by atoms with E-state index in [4.69, 9.17) is 32.7 Å². The SMILES string of the molecule is COCC(=O)N[C@@H]1CNCCO[C@H]1c1ccc(Cl)c(Cl)c1.Cl. The molecule has 1 heterocycles. The molecule has 8 heteroatoms. The Kier molecular flexibility index (Phi) is 8.46. The zero-order valence-electron chi connectivity index (χ0n) is 12.1. The first-order chi connectivity index (χ1) is 10.1. The molecule has 1 saturated heterocycles. The Labute approximate surface area is 146 Å². The van der Waals surface area contributed by atoms with E-state index in [1.165, 1.54) is 7.11 Å². The smallest absolute Gasteiger partial charge is 0.246 e. The van der Waals surface area contributed by atoms with Gasteiger partial charge in [-0.25, -0.2) is 0 Å². The second-order valence-electron chi connectivity index (χ2n) is 4.78. The Balaban J connectivity index is 0.00000242. The molecule has 5 nitrogen and oxygen atoms in total. The normalized spacial score (nSPS) is 21.6. The van der Waals surface area contributed by atoms with E-state index in [9.17, 15) is 4.79 Å². The molecule has 1 aromatic rings. The Morgan fingerprint density at radius 2 is 2.23 bits per heavy atom. The average molecular weight is 370 g/mol. The van der Waals surface area contributed by atoms with Gasteiger partial charge in [-0.05, 0) is 17.7 Å². The second-order valence-corrected chi connectivity index (χ2v) is 5.59. The van der Waals surface area contributed by atoms with Crippen molar-refractivity contribution in [1.29, 1.82) is 0 Å². The van der Waals surface area contributed by atoms with Crippen LogP contribution in [0.15, 0.2) is 18.2 Å². The standard InChI is InChI=1S/C14H18Cl2N2O3.ClH/c1-20-8-13(19)18-12-7-17-4-5-21-14(12)9-2-3-10(15)11(16)6-9;/h2-3,6,12,14,17H,4-5,7-8H2,1H3,(H,18,19);1H/t12-,14+;/m1./s1. The molecular formula is C14H19Cl3N2O3. The fraction of sp³-hybridized carbons (Fsp3) is 0.500. The minimum absolute atomic E-state index is 0. The lowest BCUT2D eigenvalue weighted by Crippen LogP contribution is -2.46. The third-order valence-corrected chi connectivity index (χ3v) is 3.94. The summed E-state index contributed by atoms with van der Waals surface area (Å²) < 4.78 is 10.7. The molecule has 22 heavy (non-hydrogen) atoms. The van der Waals surface area contributed by atoms with E-state index in [2.05, 4.69) is 10.6 Å². The summed E-state index contributed by atoms with van der Waals surface area (Å²) in [6.45, 7) is 1.92. The van der Waals surface area contributed by atoms with Crippen molar-refractivity contribution in [1.82, 2.24) is 10.6 Å². The Morgan fingerprint density at radius 1 is 1.45 bits per heavy atom. The highest BCUT2D eigenvalue weighted by molar-refractivity contribution is 6.42. The van der Waals surface area contributed by atoms with Gasteiger partial charge in [0.1, 0.15) is 12.7 Å². The summed E-state index contributed by atoms with van der Waals surface area (Å²) >= 11 is 12.0. The highest BCUT2D eigenvalue weighted by atomic mass is 35.5. The number of nitrogens with one attached hydrogen (secondary N) is 2. The largest absolute Gasteiger partial charge is 0.375 e. The van der Waals surface area contributed by atoms with Crippen LogP contribution in [0.5, 0.6) is 0 Å². The van der Waals surface area contributed by atoms with Crippen molar-refractivity contribution >= 4 is 41.5 Å². The third kappa shape index (κ3) is 5.26. The number of hydrogen-bond donors (Lipinski definition) is 2. The highest BCUT2D eigenvalue weighted by Crippen LogP contribution is 2.29. The second kappa shape index (κ2) is 9.55. The van der Waals surface area contributed by atoms with Gasteiger partial charge in [-0.3, -0.25) is 4.79 Å². The van der Waals surface area contributed by atoms with Gasteiger partial charge in [0.05, 0.1) is 22.7 Å². The average Bonchev–Trinajstić information content (AvgIpc) is 2.68. The zero-order valence-corrected chi connectivity index (χ0v) is 14.4. The van der Waals surface area contributed by atoms with Crippen LogP contribution in [0.4, 0.5) is 0 Å². The van der Waals surface area contributed by atoms with E-state index in [0.717, 1.165) is 12.1 Å². The summed E-state index contributed by atoms with van der Waals surface area (Å²) in [6.07, 6.45) is -0.282. The molecule has 1 aliphatic heterocycles. The first kappa shape index (κ1) is 19.5. The number of benzene rings is 1. The number of carbonyl (C=O) groups excluding carboxylic acids is 1. The van der Waals surface area contributed by atoms with Crippen molar-refractivity contribution in [3.05, 3.63) is 33.8 Å². The molecule has 1 aliphatic rings. The van der Waals surface area contributed by atoms with E-state index < -0.39 is 0 Å². The lowest BCUT2D eigenvalue weighted by molar-refractivity contribution is -0.126. The first-order valence-corrected chi connectivity index (χ1v) is 7.43. The van der Waals surface area contributed by atoms with Crippen LogP contribution < -0.4 is 10.6 Å². The van der Waals surface area contributed by atoms with Crippen molar-refractivity contribution in [2.24, 2.45) is 0 Å². The van der Waals surface area contributed by atoms with Gasteiger partial charge in [-0.1, -0.05) is 29.3 Å². The van der Waals surface area contributed by atoms with Gasteiger partial charge < -0.3 is 20.1 Å². The monoisotopic (exact) mass is 368 g/mol. The first-order valence-electron chi connectivity index (χ1n) is 6.67. The molecule has 0 radical (unpaired) electrons. The number of hydrogen-bond acceptors (Lipinski definition) is 4. The molecule has 0 saturated carbocycles. The fourth-order valence-electron chi connectivity index (χ4n) is 2.26. The molecule has 2 atom stereocenters. The van der Waals surface area contributed by atoms with Crippen molar-refractivity contribution in [3.8, 4) is 0 Å². The molecule has 0 aliphatic carbocycles. The van der Waals surface area contributed by atoms with E-state index >= 15 is 0 Å². The van der Waals surface area contributed by atoms with Crippen LogP contribution in [0.3, 0.4) is 0 Å². The van der Waals surface area contributed by atoms with Crippen LogP contribution in [0.25, 0.3) is 0 Å². The van der Waals surface area contributed by atoms with E-state index in [1.807, 2.05) is 6.07 Å². The molecule has 2 N–H and O–H groups in total. The van der Waals surface area contributed by atoms with Gasteiger partial charge >= 0.3 is 0 Å². The summed E-state index contributed by atoms with van der Waals surface area (Å²) in [5, 5.41) is 7.11. The molecule has 0 unspecified atom stereocenters. The highest BCUT2D eigenvalue weighted by Gasteiger charge is 2.27. The summed E-state index contributed by atoms with van der Waals surface area (Å²) in [5.74, 6) is -0.181. The topological polar surface area (TPSA) is 59.6 Å². The summed E-state index contributed by atoms with van der Waals surface area (Å²) in [4.78, 5) is 11.8. The number of ether oxygens (including phenoxy) is 2. The molecule has 0 aromatic heterocycles. The lowest BCUT2D eigenvalue weighted by atomic mass is 10.0. The maximum atomic E-state index is 11.8.